The SMILES string of the molecule is COC(=O)c1ccc(C)c(-n2c(C)cc(/C=C3\C(=O)NC(=S)N(c4ccc(C)c(Cl)c4)C3=O)c2C)c1. The highest BCUT2D eigenvalue weighted by Crippen LogP contribution is 2.29. The fourth-order valence-corrected chi connectivity index (χ4v) is 4.62. The van der Waals surface area contributed by atoms with E-state index >= 15 is 0 Å². The van der Waals surface area contributed by atoms with E-state index in [4.69, 9.17) is 28.6 Å². The van der Waals surface area contributed by atoms with Crippen LogP contribution in [-0.4, -0.2) is 34.6 Å². The number of amides is 2. The Morgan fingerprint density at radius 2 is 1.72 bits per heavy atom. The van der Waals surface area contributed by atoms with Gasteiger partial charge in [-0.2, -0.15) is 0 Å². The Morgan fingerprint density at radius 1 is 1.03 bits per heavy atom. The van der Waals surface area contributed by atoms with E-state index < -0.39 is 17.8 Å². The van der Waals surface area contributed by atoms with Crippen LogP contribution in [0.25, 0.3) is 11.8 Å². The maximum atomic E-state index is 13.4. The molecule has 1 N–H and O–H groups in total. The monoisotopic (exact) mass is 521 g/mol. The number of aryl methyl sites for hydroxylation is 3. The highest BCUT2D eigenvalue weighted by Gasteiger charge is 2.35. The number of nitrogens with one attached hydrogen (secondary N) is 1. The third-order valence-corrected chi connectivity index (χ3v) is 6.85. The van der Waals surface area contributed by atoms with Crippen LogP contribution in [0, 0.1) is 27.7 Å². The zero-order chi connectivity index (χ0) is 26.3. The van der Waals surface area contributed by atoms with Crippen molar-refractivity contribution in [3.05, 3.63) is 86.7 Å². The predicted octanol–water partition coefficient (Wildman–Crippen LogP) is 4.98. The summed E-state index contributed by atoms with van der Waals surface area (Å²) in [5.74, 6) is -1.55. The molecule has 3 aromatic rings. The molecule has 0 unspecified atom stereocenters. The Hall–Kier alpha value is -3.75. The van der Waals surface area contributed by atoms with Gasteiger partial charge in [0.15, 0.2) is 5.11 Å². The van der Waals surface area contributed by atoms with Crippen molar-refractivity contribution in [2.75, 3.05) is 12.0 Å². The minimum atomic E-state index is -0.576. The molecule has 0 atom stereocenters. The number of carbonyl (C=O) groups is 3. The standard InChI is InChI=1S/C27H24ClN3O4S/c1-14-7-9-20(13-22(14)28)31-25(33)21(24(32)29-27(31)36)11-19-10-16(3)30(17(19)4)23-12-18(26(34)35-5)8-6-15(23)2/h6-13H,1-5H3,(H,29,32,36)/b21-11+. The van der Waals surface area contributed by atoms with Crippen LogP contribution >= 0.6 is 23.8 Å². The average molecular weight is 522 g/mol. The molecule has 2 aromatic carbocycles. The van der Waals surface area contributed by atoms with Gasteiger partial charge in [0.2, 0.25) is 0 Å². The number of rotatable bonds is 4. The van der Waals surface area contributed by atoms with Gasteiger partial charge in [-0.3, -0.25) is 19.8 Å². The van der Waals surface area contributed by atoms with Gasteiger partial charge in [0, 0.05) is 22.1 Å². The first kappa shape index (κ1) is 25.3. The lowest BCUT2D eigenvalue weighted by molar-refractivity contribution is -0.122. The molecule has 1 aliphatic rings. The number of anilines is 1. The van der Waals surface area contributed by atoms with Gasteiger partial charge < -0.3 is 9.30 Å². The fourth-order valence-electron chi connectivity index (χ4n) is 4.17. The molecule has 1 saturated heterocycles. The second-order valence-corrected chi connectivity index (χ2v) is 9.34. The molecule has 1 aromatic heterocycles. The van der Waals surface area contributed by atoms with Crippen LogP contribution in [0.3, 0.4) is 0 Å². The molecule has 0 spiro atoms. The lowest BCUT2D eigenvalue weighted by Gasteiger charge is -2.29. The van der Waals surface area contributed by atoms with Crippen LogP contribution in [0.1, 0.15) is 38.4 Å². The average Bonchev–Trinajstić information content (AvgIpc) is 3.11. The zero-order valence-corrected chi connectivity index (χ0v) is 22.0. The largest absolute Gasteiger partial charge is 0.465 e. The fraction of sp³-hybridized carbons (Fsp3) is 0.185. The molecule has 1 aliphatic heterocycles. The molecule has 0 radical (unpaired) electrons. The van der Waals surface area contributed by atoms with E-state index in [0.717, 1.165) is 28.2 Å². The number of thiocarbonyl (C=S) groups is 1. The maximum absolute atomic E-state index is 13.4. The number of hydrogen-bond acceptors (Lipinski definition) is 5. The van der Waals surface area contributed by atoms with E-state index in [0.29, 0.717) is 21.8 Å². The van der Waals surface area contributed by atoms with Crippen LogP contribution in [0.5, 0.6) is 0 Å². The number of nitrogens with zero attached hydrogens (tertiary/aromatic N) is 2. The van der Waals surface area contributed by atoms with Crippen molar-refractivity contribution in [3.8, 4) is 5.69 Å². The normalized spacial score (nSPS) is 14.9. The Kier molecular flexibility index (Phi) is 6.84. The van der Waals surface area contributed by atoms with Gasteiger partial charge in [-0.05, 0) is 93.0 Å². The summed E-state index contributed by atoms with van der Waals surface area (Å²) < 4.78 is 6.84. The van der Waals surface area contributed by atoms with Gasteiger partial charge in [-0.15, -0.1) is 0 Å². The summed E-state index contributed by atoms with van der Waals surface area (Å²) >= 11 is 11.6. The molecule has 2 heterocycles. The number of esters is 1. The van der Waals surface area contributed by atoms with E-state index in [9.17, 15) is 14.4 Å². The summed E-state index contributed by atoms with van der Waals surface area (Å²) in [6, 6.07) is 12.4. The number of methoxy groups -OCH3 is 1. The van der Waals surface area contributed by atoms with Crippen molar-refractivity contribution in [1.29, 1.82) is 0 Å². The van der Waals surface area contributed by atoms with Gasteiger partial charge in [0.05, 0.1) is 18.4 Å². The molecule has 36 heavy (non-hydrogen) atoms. The lowest BCUT2D eigenvalue weighted by atomic mass is 10.1. The van der Waals surface area contributed by atoms with E-state index in [1.54, 1.807) is 36.4 Å². The Morgan fingerprint density at radius 3 is 2.39 bits per heavy atom. The van der Waals surface area contributed by atoms with Crippen LogP contribution in [0.4, 0.5) is 5.69 Å². The minimum Gasteiger partial charge on any atom is -0.465 e. The van der Waals surface area contributed by atoms with Crippen LogP contribution < -0.4 is 10.2 Å². The number of aromatic nitrogens is 1. The van der Waals surface area contributed by atoms with Crippen molar-refractivity contribution < 1.29 is 19.1 Å². The van der Waals surface area contributed by atoms with Crippen LogP contribution in [-0.2, 0) is 14.3 Å². The predicted molar refractivity (Wildman–Crippen MR) is 144 cm³/mol. The molecule has 0 bridgehead atoms. The van der Waals surface area contributed by atoms with E-state index in [-0.39, 0.29) is 10.7 Å². The number of benzene rings is 2. The second kappa shape index (κ2) is 9.72. The molecular weight excluding hydrogens is 498 g/mol. The van der Waals surface area contributed by atoms with Crippen LogP contribution in [0.2, 0.25) is 5.02 Å². The van der Waals surface area contributed by atoms with Crippen molar-refractivity contribution in [2.45, 2.75) is 27.7 Å². The molecule has 0 aliphatic carbocycles. The summed E-state index contributed by atoms with van der Waals surface area (Å²) in [7, 11) is 1.34. The Balaban J connectivity index is 1.79. The topological polar surface area (TPSA) is 80.6 Å². The number of halogens is 1. The van der Waals surface area contributed by atoms with Gasteiger partial charge in [0.25, 0.3) is 11.8 Å². The molecule has 9 heteroatoms. The van der Waals surface area contributed by atoms with Crippen molar-refractivity contribution in [1.82, 2.24) is 9.88 Å². The molecule has 2 amide bonds. The zero-order valence-electron chi connectivity index (χ0n) is 20.4. The first-order valence-electron chi connectivity index (χ1n) is 11.1. The molecule has 7 nitrogen and oxygen atoms in total. The molecule has 1 fully saturated rings. The summed E-state index contributed by atoms with van der Waals surface area (Å²) in [4.78, 5) is 39.6. The Labute approximate surface area is 219 Å². The summed E-state index contributed by atoms with van der Waals surface area (Å²) in [6.07, 6.45) is 1.56. The van der Waals surface area contributed by atoms with Crippen molar-refractivity contribution in [2.24, 2.45) is 0 Å². The van der Waals surface area contributed by atoms with Crippen LogP contribution in [0.15, 0.2) is 48.0 Å². The van der Waals surface area contributed by atoms with Gasteiger partial charge in [-0.1, -0.05) is 23.7 Å². The van der Waals surface area contributed by atoms with Crippen molar-refractivity contribution >= 4 is 58.5 Å². The number of carbonyl (C=O) groups excluding carboxylic acids is 3. The van der Waals surface area contributed by atoms with Gasteiger partial charge in [0.1, 0.15) is 5.57 Å². The summed E-state index contributed by atoms with van der Waals surface area (Å²) in [5.41, 5.74) is 5.78. The molecule has 184 valence electrons. The van der Waals surface area contributed by atoms with Gasteiger partial charge in [-0.25, -0.2) is 4.79 Å². The summed E-state index contributed by atoms with van der Waals surface area (Å²) in [5, 5.41) is 3.07. The Bertz CT molecular complexity index is 1490. The van der Waals surface area contributed by atoms with E-state index in [1.807, 2.05) is 44.4 Å². The second-order valence-electron chi connectivity index (χ2n) is 8.55. The highest BCUT2D eigenvalue weighted by atomic mass is 35.5. The smallest absolute Gasteiger partial charge is 0.337 e. The number of hydrogen-bond donors (Lipinski definition) is 1. The quantitative estimate of drug-likeness (QED) is 0.227. The molecular formula is C27H24ClN3O4S. The lowest BCUT2D eigenvalue weighted by Crippen LogP contribution is -2.54. The van der Waals surface area contributed by atoms with E-state index in [2.05, 4.69) is 5.32 Å². The first-order valence-corrected chi connectivity index (χ1v) is 11.9. The molecule has 4 rings (SSSR count). The first-order chi connectivity index (χ1) is 17.0. The van der Waals surface area contributed by atoms with Gasteiger partial charge >= 0.3 is 5.97 Å². The third kappa shape index (κ3) is 4.45. The maximum Gasteiger partial charge on any atom is 0.337 e. The third-order valence-electron chi connectivity index (χ3n) is 6.16. The highest BCUT2D eigenvalue weighted by molar-refractivity contribution is 7.80. The summed E-state index contributed by atoms with van der Waals surface area (Å²) in [6.45, 7) is 7.60. The minimum absolute atomic E-state index is 0.0113. The number of ether oxygens (including phenoxy) is 1. The molecule has 0 saturated carbocycles. The van der Waals surface area contributed by atoms with E-state index in [1.165, 1.54) is 12.0 Å². The van der Waals surface area contributed by atoms with Crippen molar-refractivity contribution in [3.63, 3.8) is 0 Å².